The first-order valence-corrected chi connectivity index (χ1v) is 7.44. The second-order valence-electron chi connectivity index (χ2n) is 5.02. The minimum absolute atomic E-state index is 0. The van der Waals surface area contributed by atoms with Gasteiger partial charge in [0, 0.05) is 0 Å². The maximum absolute atomic E-state index is 13.9. The Hall–Kier alpha value is -2.11. The van der Waals surface area contributed by atoms with Gasteiger partial charge in [-0.3, -0.25) is 0 Å². The number of nitrogens with two attached hydrogens (primary N) is 1. The van der Waals surface area contributed by atoms with E-state index in [4.69, 9.17) is 10.5 Å². The molecule has 0 heterocycles. The number of benzene rings is 2. The van der Waals surface area contributed by atoms with Gasteiger partial charge in [0.2, 0.25) is 6.17 Å². The third-order valence-corrected chi connectivity index (χ3v) is 3.34. The van der Waals surface area contributed by atoms with Crippen molar-refractivity contribution in [2.24, 2.45) is 5.73 Å². The standard InChI is InChI=1S/C18H20FNO3.ClH/c1-2-22-18(21)16(19)17(20)14-8-10-15(11-9-14)23-12-13-6-4-3-5-7-13;/h3-11,16-17H,2,12,20H2,1H3;1H/t16?,17-;/m1./s1. The Morgan fingerprint density at radius 3 is 2.33 bits per heavy atom. The molecule has 0 aliphatic carbocycles. The molecule has 2 N–H and O–H groups in total. The van der Waals surface area contributed by atoms with Gasteiger partial charge in [-0.2, -0.15) is 0 Å². The lowest BCUT2D eigenvalue weighted by atomic mass is 10.0. The van der Waals surface area contributed by atoms with E-state index in [0.717, 1.165) is 5.56 Å². The third kappa shape index (κ3) is 5.51. The molecule has 0 saturated carbocycles. The molecule has 0 fully saturated rings. The lowest BCUT2D eigenvalue weighted by Crippen LogP contribution is -2.31. The Labute approximate surface area is 147 Å². The second kappa shape index (κ2) is 9.90. The summed E-state index contributed by atoms with van der Waals surface area (Å²) in [5, 5.41) is 0. The number of carbonyl (C=O) groups excluding carboxylic acids is 1. The topological polar surface area (TPSA) is 61.5 Å². The molecular formula is C18H21ClFNO3. The molecule has 2 aromatic carbocycles. The summed E-state index contributed by atoms with van der Waals surface area (Å²) < 4.78 is 24.2. The predicted molar refractivity (Wildman–Crippen MR) is 92.9 cm³/mol. The van der Waals surface area contributed by atoms with Gasteiger partial charge in [0.1, 0.15) is 12.4 Å². The second-order valence-corrected chi connectivity index (χ2v) is 5.02. The maximum Gasteiger partial charge on any atom is 0.342 e. The van der Waals surface area contributed by atoms with Gasteiger partial charge in [0.25, 0.3) is 0 Å². The van der Waals surface area contributed by atoms with Gasteiger partial charge in [-0.15, -0.1) is 12.4 Å². The third-order valence-electron chi connectivity index (χ3n) is 3.34. The first kappa shape index (κ1) is 19.9. The molecule has 0 aliphatic rings. The molecule has 0 amide bonds. The van der Waals surface area contributed by atoms with E-state index in [9.17, 15) is 9.18 Å². The van der Waals surface area contributed by atoms with Crippen molar-refractivity contribution < 1.29 is 18.7 Å². The van der Waals surface area contributed by atoms with Crippen LogP contribution in [0.1, 0.15) is 24.1 Å². The first-order valence-electron chi connectivity index (χ1n) is 7.44. The van der Waals surface area contributed by atoms with Crippen molar-refractivity contribution in [1.29, 1.82) is 0 Å². The average molecular weight is 354 g/mol. The molecule has 0 radical (unpaired) electrons. The van der Waals surface area contributed by atoms with Gasteiger partial charge in [0.15, 0.2) is 0 Å². The molecule has 1 unspecified atom stereocenters. The van der Waals surface area contributed by atoms with Crippen LogP contribution in [0.3, 0.4) is 0 Å². The normalized spacial score (nSPS) is 12.6. The molecular weight excluding hydrogens is 333 g/mol. The van der Waals surface area contributed by atoms with Gasteiger partial charge in [0.05, 0.1) is 12.6 Å². The van der Waals surface area contributed by atoms with Crippen molar-refractivity contribution in [3.63, 3.8) is 0 Å². The lowest BCUT2D eigenvalue weighted by molar-refractivity contribution is -0.149. The van der Waals surface area contributed by atoms with Crippen molar-refractivity contribution in [1.82, 2.24) is 0 Å². The van der Waals surface area contributed by atoms with E-state index in [2.05, 4.69) is 4.74 Å². The maximum atomic E-state index is 13.9. The number of ether oxygens (including phenoxy) is 2. The SMILES string of the molecule is CCOC(=O)C(F)[C@H](N)c1ccc(OCc2ccccc2)cc1.Cl. The number of rotatable bonds is 7. The highest BCUT2D eigenvalue weighted by atomic mass is 35.5. The Morgan fingerprint density at radius 2 is 1.75 bits per heavy atom. The van der Waals surface area contributed by atoms with Gasteiger partial charge in [-0.1, -0.05) is 42.5 Å². The van der Waals surface area contributed by atoms with Crippen molar-refractivity contribution in [2.45, 2.75) is 25.7 Å². The summed E-state index contributed by atoms with van der Waals surface area (Å²) in [7, 11) is 0. The zero-order chi connectivity index (χ0) is 16.7. The fraction of sp³-hybridized carbons (Fsp3) is 0.278. The monoisotopic (exact) mass is 353 g/mol. The van der Waals surface area contributed by atoms with Gasteiger partial charge in [-0.25, -0.2) is 9.18 Å². The molecule has 4 nitrogen and oxygen atoms in total. The van der Waals surface area contributed by atoms with Crippen molar-refractivity contribution in [2.75, 3.05) is 6.61 Å². The van der Waals surface area contributed by atoms with Gasteiger partial charge in [-0.05, 0) is 30.2 Å². The highest BCUT2D eigenvalue weighted by Gasteiger charge is 2.27. The number of alkyl halides is 1. The molecule has 24 heavy (non-hydrogen) atoms. The van der Waals surface area contributed by atoms with E-state index in [-0.39, 0.29) is 19.0 Å². The fourth-order valence-corrected chi connectivity index (χ4v) is 2.06. The molecule has 0 aliphatic heterocycles. The summed E-state index contributed by atoms with van der Waals surface area (Å²) in [6.07, 6.45) is -1.88. The number of hydrogen-bond acceptors (Lipinski definition) is 4. The highest BCUT2D eigenvalue weighted by molar-refractivity contribution is 5.85. The molecule has 0 aromatic heterocycles. The van der Waals surface area contributed by atoms with Crippen LogP contribution in [0.4, 0.5) is 4.39 Å². The van der Waals surface area contributed by atoms with E-state index in [0.29, 0.717) is 17.9 Å². The smallest absolute Gasteiger partial charge is 0.342 e. The minimum atomic E-state index is -1.88. The molecule has 0 saturated heterocycles. The molecule has 2 atom stereocenters. The summed E-state index contributed by atoms with van der Waals surface area (Å²) in [6, 6.07) is 15.4. The molecule has 2 rings (SSSR count). The van der Waals surface area contributed by atoms with Crippen LogP contribution in [0.2, 0.25) is 0 Å². The Balaban J connectivity index is 0.00000288. The molecule has 2 aromatic rings. The molecule has 6 heteroatoms. The quantitative estimate of drug-likeness (QED) is 0.773. The zero-order valence-electron chi connectivity index (χ0n) is 13.4. The number of hydrogen-bond donors (Lipinski definition) is 1. The van der Waals surface area contributed by atoms with E-state index < -0.39 is 18.2 Å². The van der Waals surface area contributed by atoms with Crippen LogP contribution < -0.4 is 10.5 Å². The Bertz CT molecular complexity index is 622. The molecule has 0 bridgehead atoms. The highest BCUT2D eigenvalue weighted by Crippen LogP contribution is 2.21. The van der Waals surface area contributed by atoms with Gasteiger partial charge >= 0.3 is 5.97 Å². The summed E-state index contributed by atoms with van der Waals surface area (Å²) in [6.45, 7) is 2.19. The van der Waals surface area contributed by atoms with Gasteiger partial charge < -0.3 is 15.2 Å². The van der Waals surface area contributed by atoms with Crippen LogP contribution in [0.15, 0.2) is 54.6 Å². The molecule has 130 valence electrons. The largest absolute Gasteiger partial charge is 0.489 e. The minimum Gasteiger partial charge on any atom is -0.489 e. The lowest BCUT2D eigenvalue weighted by Gasteiger charge is -2.16. The molecule has 0 spiro atoms. The van der Waals surface area contributed by atoms with Crippen LogP contribution in [0, 0.1) is 0 Å². The van der Waals surface area contributed by atoms with E-state index in [1.165, 1.54) is 0 Å². The summed E-state index contributed by atoms with van der Waals surface area (Å²) in [5.74, 6) is -0.291. The number of esters is 1. The summed E-state index contributed by atoms with van der Waals surface area (Å²) in [4.78, 5) is 11.4. The predicted octanol–water partition coefficient (Wildman–Crippen LogP) is 3.59. The number of halogens is 2. The van der Waals surface area contributed by atoms with E-state index in [1.54, 1.807) is 31.2 Å². The van der Waals surface area contributed by atoms with Crippen LogP contribution in [-0.4, -0.2) is 18.7 Å². The van der Waals surface area contributed by atoms with Crippen molar-refractivity contribution in [3.05, 3.63) is 65.7 Å². The van der Waals surface area contributed by atoms with Crippen LogP contribution in [0.25, 0.3) is 0 Å². The van der Waals surface area contributed by atoms with Crippen molar-refractivity contribution in [3.8, 4) is 5.75 Å². The Kier molecular flexibility index (Phi) is 8.22. The average Bonchev–Trinajstić information content (AvgIpc) is 2.60. The first-order chi connectivity index (χ1) is 11.1. The number of carbonyl (C=O) groups is 1. The summed E-state index contributed by atoms with van der Waals surface area (Å²) in [5.41, 5.74) is 7.33. The Morgan fingerprint density at radius 1 is 1.12 bits per heavy atom. The summed E-state index contributed by atoms with van der Waals surface area (Å²) >= 11 is 0. The van der Waals surface area contributed by atoms with Crippen LogP contribution in [0.5, 0.6) is 5.75 Å². The fourth-order valence-electron chi connectivity index (χ4n) is 2.06. The zero-order valence-corrected chi connectivity index (χ0v) is 14.2. The van der Waals surface area contributed by atoms with E-state index in [1.807, 2.05) is 30.3 Å². The van der Waals surface area contributed by atoms with Crippen LogP contribution in [-0.2, 0) is 16.1 Å². The van der Waals surface area contributed by atoms with E-state index >= 15 is 0 Å². The van der Waals surface area contributed by atoms with Crippen LogP contribution >= 0.6 is 12.4 Å². The van der Waals surface area contributed by atoms with Crippen molar-refractivity contribution >= 4 is 18.4 Å².